The molecule has 0 unspecified atom stereocenters. The third-order valence-electron chi connectivity index (χ3n) is 4.65. The number of hydrogen-bond donors (Lipinski definition) is 0. The second kappa shape index (κ2) is 6.54. The molecule has 3 heteroatoms. The van der Waals surface area contributed by atoms with Crippen molar-refractivity contribution in [2.24, 2.45) is 0 Å². The van der Waals surface area contributed by atoms with E-state index in [0.29, 0.717) is 0 Å². The summed E-state index contributed by atoms with van der Waals surface area (Å²) in [6.45, 7) is 0. The van der Waals surface area contributed by atoms with Gasteiger partial charge in [-0.25, -0.2) is 9.67 Å². The van der Waals surface area contributed by atoms with E-state index in [1.54, 1.807) is 0 Å². The highest BCUT2D eigenvalue weighted by Crippen LogP contribution is 2.30. The average Bonchev–Trinajstić information content (AvgIpc) is 3.14. The lowest BCUT2D eigenvalue weighted by Crippen LogP contribution is -1.98. The summed E-state index contributed by atoms with van der Waals surface area (Å²) in [5, 5.41) is 5.96. The van der Waals surface area contributed by atoms with Crippen LogP contribution in [0.5, 0.6) is 0 Å². The first-order valence-electron chi connectivity index (χ1n) is 8.96. The first-order chi connectivity index (χ1) is 13.4. The lowest BCUT2D eigenvalue weighted by molar-refractivity contribution is 0.901. The van der Waals surface area contributed by atoms with Crippen molar-refractivity contribution in [3.05, 3.63) is 103 Å². The molecule has 0 aliphatic carbocycles. The third kappa shape index (κ3) is 2.79. The highest BCUT2D eigenvalue weighted by molar-refractivity contribution is 5.93. The lowest BCUT2D eigenvalue weighted by Gasteiger charge is -2.04. The summed E-state index contributed by atoms with van der Waals surface area (Å²) in [7, 11) is 0. The molecule has 27 heavy (non-hydrogen) atoms. The molecule has 5 rings (SSSR count). The van der Waals surface area contributed by atoms with Crippen molar-refractivity contribution >= 4 is 11.0 Å². The molecule has 3 nitrogen and oxygen atoms in total. The summed E-state index contributed by atoms with van der Waals surface area (Å²) in [5.41, 5.74) is 5.94. The van der Waals surface area contributed by atoms with Gasteiger partial charge in [-0.2, -0.15) is 5.10 Å². The van der Waals surface area contributed by atoms with E-state index < -0.39 is 0 Å². The van der Waals surface area contributed by atoms with E-state index in [-0.39, 0.29) is 0 Å². The fraction of sp³-hybridized carbons (Fsp3) is 0. The maximum atomic E-state index is 4.97. The predicted molar refractivity (Wildman–Crippen MR) is 110 cm³/mol. The monoisotopic (exact) mass is 347 g/mol. The van der Waals surface area contributed by atoms with Crippen molar-refractivity contribution in [3.8, 4) is 28.2 Å². The van der Waals surface area contributed by atoms with Crippen molar-refractivity contribution in [3.63, 3.8) is 0 Å². The van der Waals surface area contributed by atoms with E-state index in [0.717, 1.165) is 39.2 Å². The number of nitrogens with zero attached hydrogens (tertiary/aromatic N) is 3. The maximum Gasteiger partial charge on any atom is 0.164 e. The number of pyridine rings is 1. The number of hydrogen-bond acceptors (Lipinski definition) is 2. The van der Waals surface area contributed by atoms with Gasteiger partial charge < -0.3 is 0 Å². The topological polar surface area (TPSA) is 30.7 Å². The standard InChI is InChI=1S/C24H17N3/c1-4-10-18(11-5-1)22-17-16-21-23(19-12-6-2-7-13-19)26-27(24(21)25-22)20-14-8-3-9-15-20/h1-17H. The summed E-state index contributed by atoms with van der Waals surface area (Å²) in [6, 6.07) is 34.9. The van der Waals surface area contributed by atoms with Crippen LogP contribution in [0, 0.1) is 0 Å². The molecule has 0 aliphatic rings. The van der Waals surface area contributed by atoms with Gasteiger partial charge in [-0.1, -0.05) is 78.9 Å². The Morgan fingerprint density at radius 1 is 0.556 bits per heavy atom. The predicted octanol–water partition coefficient (Wildman–Crippen LogP) is 5.75. The molecule has 0 N–H and O–H groups in total. The molecule has 0 amide bonds. The Kier molecular flexibility index (Phi) is 3.76. The van der Waals surface area contributed by atoms with E-state index in [1.165, 1.54) is 0 Å². The van der Waals surface area contributed by atoms with Crippen LogP contribution in [0.2, 0.25) is 0 Å². The number of rotatable bonds is 3. The highest BCUT2D eigenvalue weighted by atomic mass is 15.3. The quantitative estimate of drug-likeness (QED) is 0.416. The van der Waals surface area contributed by atoms with Gasteiger partial charge in [-0.15, -0.1) is 0 Å². The molecule has 2 heterocycles. The van der Waals surface area contributed by atoms with Crippen molar-refractivity contribution < 1.29 is 0 Å². The van der Waals surface area contributed by atoms with Gasteiger partial charge in [-0.05, 0) is 24.3 Å². The maximum absolute atomic E-state index is 4.97. The lowest BCUT2D eigenvalue weighted by atomic mass is 10.1. The van der Waals surface area contributed by atoms with Gasteiger partial charge in [0.1, 0.15) is 5.69 Å². The van der Waals surface area contributed by atoms with Gasteiger partial charge in [0, 0.05) is 16.5 Å². The zero-order chi connectivity index (χ0) is 18.1. The van der Waals surface area contributed by atoms with Crippen LogP contribution in [0.4, 0.5) is 0 Å². The Bertz CT molecular complexity index is 1190. The molecule has 0 atom stereocenters. The van der Waals surface area contributed by atoms with Gasteiger partial charge in [0.2, 0.25) is 0 Å². The molecule has 0 spiro atoms. The smallest absolute Gasteiger partial charge is 0.164 e. The second-order valence-corrected chi connectivity index (χ2v) is 6.40. The first kappa shape index (κ1) is 15.5. The molecule has 0 radical (unpaired) electrons. The van der Waals surface area contributed by atoms with E-state index in [9.17, 15) is 0 Å². The molecule has 5 aromatic rings. The fourth-order valence-corrected chi connectivity index (χ4v) is 3.32. The van der Waals surface area contributed by atoms with Crippen LogP contribution in [0.1, 0.15) is 0 Å². The second-order valence-electron chi connectivity index (χ2n) is 6.40. The Morgan fingerprint density at radius 3 is 1.81 bits per heavy atom. The van der Waals surface area contributed by atoms with E-state index in [1.807, 2.05) is 59.3 Å². The van der Waals surface area contributed by atoms with Crippen molar-refractivity contribution in [2.75, 3.05) is 0 Å². The summed E-state index contributed by atoms with van der Waals surface area (Å²) < 4.78 is 1.93. The Morgan fingerprint density at radius 2 is 1.15 bits per heavy atom. The summed E-state index contributed by atoms with van der Waals surface area (Å²) in [5.74, 6) is 0. The first-order valence-corrected chi connectivity index (χ1v) is 8.96. The molecule has 128 valence electrons. The zero-order valence-electron chi connectivity index (χ0n) is 14.7. The average molecular weight is 347 g/mol. The Hall–Kier alpha value is -3.72. The number of aromatic nitrogens is 3. The molecule has 0 fully saturated rings. The van der Waals surface area contributed by atoms with Crippen LogP contribution in [-0.2, 0) is 0 Å². The number of para-hydroxylation sites is 1. The van der Waals surface area contributed by atoms with Crippen molar-refractivity contribution in [1.82, 2.24) is 14.8 Å². The summed E-state index contributed by atoms with van der Waals surface area (Å²) >= 11 is 0. The minimum atomic E-state index is 0.862. The van der Waals surface area contributed by atoms with Crippen LogP contribution in [0.3, 0.4) is 0 Å². The van der Waals surface area contributed by atoms with Crippen molar-refractivity contribution in [1.29, 1.82) is 0 Å². The van der Waals surface area contributed by atoms with Gasteiger partial charge in [0.15, 0.2) is 5.65 Å². The van der Waals surface area contributed by atoms with E-state index in [2.05, 4.69) is 48.5 Å². The van der Waals surface area contributed by atoms with Gasteiger partial charge in [0.25, 0.3) is 0 Å². The molecule has 0 saturated carbocycles. The molecule has 3 aromatic carbocycles. The highest BCUT2D eigenvalue weighted by Gasteiger charge is 2.15. The number of fused-ring (bicyclic) bond motifs is 1. The minimum Gasteiger partial charge on any atom is -0.228 e. The summed E-state index contributed by atoms with van der Waals surface area (Å²) in [4.78, 5) is 4.97. The van der Waals surface area contributed by atoms with Crippen LogP contribution in [-0.4, -0.2) is 14.8 Å². The fourth-order valence-electron chi connectivity index (χ4n) is 3.32. The Labute approximate surface area is 157 Å². The van der Waals surface area contributed by atoms with E-state index >= 15 is 0 Å². The van der Waals surface area contributed by atoms with Crippen LogP contribution >= 0.6 is 0 Å². The molecule has 0 aliphatic heterocycles. The summed E-state index contributed by atoms with van der Waals surface area (Å²) in [6.07, 6.45) is 0. The molecular weight excluding hydrogens is 330 g/mol. The van der Waals surface area contributed by atoms with Crippen molar-refractivity contribution in [2.45, 2.75) is 0 Å². The number of benzene rings is 3. The minimum absolute atomic E-state index is 0.862. The van der Waals surface area contributed by atoms with Crippen LogP contribution in [0.25, 0.3) is 39.2 Å². The largest absolute Gasteiger partial charge is 0.228 e. The van der Waals surface area contributed by atoms with Gasteiger partial charge in [-0.3, -0.25) is 0 Å². The van der Waals surface area contributed by atoms with Crippen LogP contribution < -0.4 is 0 Å². The molecule has 0 saturated heterocycles. The normalized spacial score (nSPS) is 11.0. The van der Waals surface area contributed by atoms with Gasteiger partial charge in [0.05, 0.1) is 11.4 Å². The molecular formula is C24H17N3. The third-order valence-corrected chi connectivity index (χ3v) is 4.65. The van der Waals surface area contributed by atoms with E-state index in [4.69, 9.17) is 10.1 Å². The molecule has 2 aromatic heterocycles. The molecule has 0 bridgehead atoms. The SMILES string of the molecule is c1ccc(-c2ccc3c(-c4ccccc4)nn(-c4ccccc4)c3n2)cc1. The van der Waals surface area contributed by atoms with Gasteiger partial charge >= 0.3 is 0 Å². The Balaban J connectivity index is 1.79. The van der Waals surface area contributed by atoms with Crippen LogP contribution in [0.15, 0.2) is 103 Å². The zero-order valence-corrected chi connectivity index (χ0v) is 14.7.